The number of carbonyl (C=O) groups is 1. The molecule has 1 aromatic carbocycles. The van der Waals surface area contributed by atoms with Gasteiger partial charge in [-0.05, 0) is 23.6 Å². The number of aromatic nitrogens is 1. The predicted molar refractivity (Wildman–Crippen MR) is 71.0 cm³/mol. The molecule has 0 bridgehead atoms. The van der Waals surface area contributed by atoms with E-state index in [1.165, 1.54) is 11.3 Å². The van der Waals surface area contributed by atoms with Crippen LogP contribution in [0.25, 0.3) is 11.1 Å². The molecule has 0 saturated carbocycles. The Morgan fingerprint density at radius 1 is 1.39 bits per heavy atom. The van der Waals surface area contributed by atoms with Crippen LogP contribution in [0.15, 0.2) is 40.1 Å². The first-order valence-electron chi connectivity index (χ1n) is 5.44. The van der Waals surface area contributed by atoms with Crippen molar-refractivity contribution < 1.29 is 9.21 Å². The van der Waals surface area contributed by atoms with Gasteiger partial charge < -0.3 is 9.73 Å². The zero-order valence-corrected chi connectivity index (χ0v) is 10.5. The van der Waals surface area contributed by atoms with E-state index < -0.39 is 0 Å². The van der Waals surface area contributed by atoms with E-state index in [4.69, 9.17) is 4.42 Å². The quantitative estimate of drug-likeness (QED) is 0.766. The van der Waals surface area contributed by atoms with Crippen LogP contribution < -0.4 is 5.32 Å². The minimum Gasteiger partial charge on any atom is -0.441 e. The highest BCUT2D eigenvalue weighted by molar-refractivity contribution is 7.12. The van der Waals surface area contributed by atoms with Crippen LogP contribution in [0.5, 0.6) is 0 Å². The Balaban J connectivity index is 1.88. The van der Waals surface area contributed by atoms with Gasteiger partial charge in [-0.15, -0.1) is 11.3 Å². The van der Waals surface area contributed by atoms with Crippen LogP contribution in [0.2, 0.25) is 0 Å². The molecule has 18 heavy (non-hydrogen) atoms. The van der Waals surface area contributed by atoms with Crippen LogP contribution >= 0.6 is 11.3 Å². The largest absolute Gasteiger partial charge is 0.441 e. The fraction of sp³-hybridized carbons (Fsp3) is 0.0769. The average molecular weight is 258 g/mol. The Labute approximate surface area is 107 Å². The fourth-order valence-electron chi connectivity index (χ4n) is 1.72. The molecule has 0 aliphatic heterocycles. The van der Waals surface area contributed by atoms with Crippen molar-refractivity contribution in [3.05, 3.63) is 46.5 Å². The lowest BCUT2D eigenvalue weighted by Crippen LogP contribution is -2.09. The van der Waals surface area contributed by atoms with Crippen molar-refractivity contribution in [2.45, 2.75) is 6.92 Å². The third-order valence-electron chi connectivity index (χ3n) is 2.50. The lowest BCUT2D eigenvalue weighted by Gasteiger charge is -2.02. The number of rotatable bonds is 2. The molecule has 2 aromatic heterocycles. The normalized spacial score (nSPS) is 10.7. The maximum absolute atomic E-state index is 11.9. The first-order valence-corrected chi connectivity index (χ1v) is 6.32. The van der Waals surface area contributed by atoms with Gasteiger partial charge in [-0.25, -0.2) is 4.98 Å². The molecule has 0 atom stereocenters. The van der Waals surface area contributed by atoms with Crippen molar-refractivity contribution in [2.24, 2.45) is 0 Å². The Hall–Kier alpha value is -2.14. The molecule has 4 nitrogen and oxygen atoms in total. The maximum Gasteiger partial charge on any atom is 0.265 e. The van der Waals surface area contributed by atoms with Crippen LogP contribution in [0.4, 0.5) is 5.69 Å². The van der Waals surface area contributed by atoms with E-state index in [1.807, 2.05) is 23.6 Å². The Morgan fingerprint density at radius 3 is 3.06 bits per heavy atom. The Bertz CT molecular complexity index is 701. The molecular weight excluding hydrogens is 248 g/mol. The summed E-state index contributed by atoms with van der Waals surface area (Å²) in [5.74, 6) is 0.507. The van der Waals surface area contributed by atoms with Crippen molar-refractivity contribution in [1.82, 2.24) is 4.98 Å². The van der Waals surface area contributed by atoms with Crippen LogP contribution in [-0.4, -0.2) is 10.9 Å². The van der Waals surface area contributed by atoms with E-state index in [-0.39, 0.29) is 5.91 Å². The van der Waals surface area contributed by atoms with E-state index in [1.54, 1.807) is 19.1 Å². The summed E-state index contributed by atoms with van der Waals surface area (Å²) in [5.41, 5.74) is 2.18. The van der Waals surface area contributed by atoms with E-state index in [2.05, 4.69) is 10.3 Å². The van der Waals surface area contributed by atoms with Crippen molar-refractivity contribution >= 4 is 34.0 Å². The molecule has 3 aromatic rings. The third kappa shape index (κ3) is 2.00. The highest BCUT2D eigenvalue weighted by atomic mass is 32.1. The van der Waals surface area contributed by atoms with Gasteiger partial charge in [0.05, 0.1) is 4.88 Å². The first-order chi connectivity index (χ1) is 8.72. The molecule has 0 aliphatic carbocycles. The first kappa shape index (κ1) is 11.0. The molecule has 0 fully saturated rings. The number of nitrogens with one attached hydrogen (secondary N) is 1. The number of hydrogen-bond donors (Lipinski definition) is 1. The van der Waals surface area contributed by atoms with Crippen molar-refractivity contribution in [1.29, 1.82) is 0 Å². The van der Waals surface area contributed by atoms with Gasteiger partial charge in [0.1, 0.15) is 5.52 Å². The lowest BCUT2D eigenvalue weighted by molar-refractivity contribution is 0.103. The number of fused-ring (bicyclic) bond motifs is 1. The van der Waals surface area contributed by atoms with Crippen molar-refractivity contribution in [2.75, 3.05) is 5.32 Å². The number of hydrogen-bond acceptors (Lipinski definition) is 4. The monoisotopic (exact) mass is 258 g/mol. The van der Waals surface area contributed by atoms with Gasteiger partial charge in [-0.3, -0.25) is 4.79 Å². The fourth-order valence-corrected chi connectivity index (χ4v) is 2.34. The van der Waals surface area contributed by atoms with E-state index in [0.29, 0.717) is 22.0 Å². The summed E-state index contributed by atoms with van der Waals surface area (Å²) in [6, 6.07) is 9.06. The molecule has 0 aliphatic rings. The Kier molecular flexibility index (Phi) is 2.60. The zero-order valence-electron chi connectivity index (χ0n) is 9.64. The number of amides is 1. The zero-order chi connectivity index (χ0) is 12.5. The van der Waals surface area contributed by atoms with Crippen molar-refractivity contribution in [3.63, 3.8) is 0 Å². The number of thiophene rings is 1. The van der Waals surface area contributed by atoms with Gasteiger partial charge in [0.15, 0.2) is 11.5 Å². The lowest BCUT2D eigenvalue weighted by atomic mass is 10.3. The van der Waals surface area contributed by atoms with Gasteiger partial charge in [-0.2, -0.15) is 0 Å². The molecule has 0 radical (unpaired) electrons. The SMILES string of the molecule is Cc1nc2ccc(NC(=O)c3cccs3)cc2o1. The second-order valence-electron chi connectivity index (χ2n) is 3.85. The Morgan fingerprint density at radius 2 is 2.28 bits per heavy atom. The van der Waals surface area contributed by atoms with E-state index >= 15 is 0 Å². The highest BCUT2D eigenvalue weighted by Crippen LogP contribution is 2.20. The van der Waals surface area contributed by atoms with Crippen LogP contribution in [0.3, 0.4) is 0 Å². The van der Waals surface area contributed by atoms with Crippen LogP contribution in [0.1, 0.15) is 15.6 Å². The number of benzene rings is 1. The van der Waals surface area contributed by atoms with Crippen molar-refractivity contribution in [3.8, 4) is 0 Å². The molecule has 3 rings (SSSR count). The van der Waals surface area contributed by atoms with Crippen LogP contribution in [-0.2, 0) is 0 Å². The van der Waals surface area contributed by atoms with E-state index in [0.717, 1.165) is 5.52 Å². The molecule has 0 spiro atoms. The van der Waals surface area contributed by atoms with Crippen LogP contribution in [0, 0.1) is 6.92 Å². The summed E-state index contributed by atoms with van der Waals surface area (Å²) >= 11 is 1.41. The summed E-state index contributed by atoms with van der Waals surface area (Å²) in [5, 5.41) is 4.70. The number of carbonyl (C=O) groups excluding carboxylic acids is 1. The number of nitrogens with zero attached hydrogens (tertiary/aromatic N) is 1. The molecule has 90 valence electrons. The smallest absolute Gasteiger partial charge is 0.265 e. The van der Waals surface area contributed by atoms with Gasteiger partial charge in [-0.1, -0.05) is 6.07 Å². The molecular formula is C13H10N2O2S. The number of anilines is 1. The topological polar surface area (TPSA) is 55.1 Å². The molecule has 1 N–H and O–H groups in total. The minimum atomic E-state index is -0.111. The second-order valence-corrected chi connectivity index (χ2v) is 4.79. The van der Waals surface area contributed by atoms with Gasteiger partial charge in [0, 0.05) is 18.7 Å². The molecule has 1 amide bonds. The summed E-state index contributed by atoms with van der Waals surface area (Å²) in [6.45, 7) is 1.80. The predicted octanol–water partition coefficient (Wildman–Crippen LogP) is 3.45. The molecule has 0 unspecified atom stereocenters. The average Bonchev–Trinajstić information content (AvgIpc) is 2.95. The number of oxazole rings is 1. The maximum atomic E-state index is 11.9. The summed E-state index contributed by atoms with van der Waals surface area (Å²) in [7, 11) is 0. The molecule has 5 heteroatoms. The summed E-state index contributed by atoms with van der Waals surface area (Å²) < 4.78 is 5.42. The van der Waals surface area contributed by atoms with Gasteiger partial charge in [0.2, 0.25) is 0 Å². The third-order valence-corrected chi connectivity index (χ3v) is 3.37. The van der Waals surface area contributed by atoms with Gasteiger partial charge >= 0.3 is 0 Å². The second kappa shape index (κ2) is 4.27. The minimum absolute atomic E-state index is 0.111. The molecule has 0 saturated heterocycles. The highest BCUT2D eigenvalue weighted by Gasteiger charge is 2.08. The van der Waals surface area contributed by atoms with Gasteiger partial charge in [0.25, 0.3) is 5.91 Å². The summed E-state index contributed by atoms with van der Waals surface area (Å²) in [4.78, 5) is 16.8. The van der Waals surface area contributed by atoms with E-state index in [9.17, 15) is 4.79 Å². The molecule has 2 heterocycles. The summed E-state index contributed by atoms with van der Waals surface area (Å²) in [6.07, 6.45) is 0. The standard InChI is InChI=1S/C13H10N2O2S/c1-8-14-10-5-4-9(7-11(10)17-8)15-13(16)12-3-2-6-18-12/h2-7H,1H3,(H,15,16). The number of aryl methyl sites for hydroxylation is 1.